The van der Waals surface area contributed by atoms with Crippen molar-refractivity contribution >= 4 is 34.6 Å². The fourth-order valence-corrected chi connectivity index (χ4v) is 5.08. The van der Waals surface area contributed by atoms with E-state index in [2.05, 4.69) is 23.5 Å². The SMILES string of the molecule is O=C(/C=C1\SC(=O)NC1=O)Oc1ccc([C@H]2Oc3ccccc3[C@@H]3CC(c4ccccc4)=NN23)cc1. The van der Waals surface area contributed by atoms with Crippen LogP contribution in [0.1, 0.15) is 35.4 Å². The Morgan fingerprint density at radius 2 is 1.78 bits per heavy atom. The number of imide groups is 1. The Hall–Kier alpha value is -4.37. The number of esters is 1. The lowest BCUT2D eigenvalue weighted by Crippen LogP contribution is -2.33. The summed E-state index contributed by atoms with van der Waals surface area (Å²) < 4.78 is 11.7. The van der Waals surface area contributed by atoms with Crippen molar-refractivity contribution in [3.63, 3.8) is 0 Å². The molecule has 0 unspecified atom stereocenters. The molecule has 0 bridgehead atoms. The first-order valence-electron chi connectivity index (χ1n) is 11.3. The number of amides is 2. The summed E-state index contributed by atoms with van der Waals surface area (Å²) in [7, 11) is 0. The number of rotatable bonds is 4. The lowest BCUT2D eigenvalue weighted by atomic mass is 9.96. The average Bonchev–Trinajstić information content (AvgIpc) is 3.47. The van der Waals surface area contributed by atoms with Crippen molar-refractivity contribution in [2.75, 3.05) is 0 Å². The molecule has 178 valence electrons. The van der Waals surface area contributed by atoms with Gasteiger partial charge in [0.25, 0.3) is 11.1 Å². The lowest BCUT2D eigenvalue weighted by Gasteiger charge is -2.38. The summed E-state index contributed by atoms with van der Waals surface area (Å²) in [5, 5.41) is 8.51. The first-order chi connectivity index (χ1) is 17.5. The van der Waals surface area contributed by atoms with Crippen molar-refractivity contribution in [2.45, 2.75) is 18.7 Å². The molecule has 0 saturated carbocycles. The molecule has 3 aromatic rings. The van der Waals surface area contributed by atoms with Crippen molar-refractivity contribution in [1.29, 1.82) is 0 Å². The molecule has 3 aromatic carbocycles. The van der Waals surface area contributed by atoms with E-state index in [9.17, 15) is 14.4 Å². The average molecular weight is 498 g/mol. The molecule has 1 saturated heterocycles. The summed E-state index contributed by atoms with van der Waals surface area (Å²) in [5.41, 5.74) is 4.02. The van der Waals surface area contributed by atoms with Crippen LogP contribution in [0.4, 0.5) is 4.79 Å². The van der Waals surface area contributed by atoms with Crippen LogP contribution in [0, 0.1) is 0 Å². The predicted molar refractivity (Wildman–Crippen MR) is 133 cm³/mol. The molecule has 8 nitrogen and oxygen atoms in total. The van der Waals surface area contributed by atoms with E-state index in [0.29, 0.717) is 17.5 Å². The fraction of sp³-hybridized carbons (Fsp3) is 0.111. The summed E-state index contributed by atoms with van der Waals surface area (Å²) in [6, 6.07) is 25.1. The van der Waals surface area contributed by atoms with Crippen molar-refractivity contribution in [2.24, 2.45) is 5.10 Å². The van der Waals surface area contributed by atoms with Crippen LogP contribution in [0.5, 0.6) is 11.5 Å². The molecule has 9 heteroatoms. The maximum atomic E-state index is 12.2. The number of hydrazone groups is 1. The molecular formula is C27H19N3O5S. The molecule has 2 amide bonds. The smallest absolute Gasteiger partial charge is 0.337 e. The highest BCUT2D eigenvalue weighted by Crippen LogP contribution is 2.47. The third-order valence-corrected chi connectivity index (χ3v) is 6.89. The molecule has 3 aliphatic heterocycles. The summed E-state index contributed by atoms with van der Waals surface area (Å²) in [5.74, 6) is -0.229. The van der Waals surface area contributed by atoms with Gasteiger partial charge in [0.15, 0.2) is 0 Å². The Morgan fingerprint density at radius 1 is 1.03 bits per heavy atom. The van der Waals surface area contributed by atoms with Gasteiger partial charge >= 0.3 is 5.97 Å². The van der Waals surface area contributed by atoms with Crippen LogP contribution in [0.25, 0.3) is 0 Å². The zero-order valence-corrected chi connectivity index (χ0v) is 19.6. The number of fused-ring (bicyclic) bond motifs is 3. The molecule has 3 aliphatic rings. The number of nitrogens with one attached hydrogen (secondary N) is 1. The molecule has 1 fully saturated rings. The second kappa shape index (κ2) is 9.01. The minimum atomic E-state index is -0.741. The van der Waals surface area contributed by atoms with Gasteiger partial charge in [0.1, 0.15) is 11.5 Å². The largest absolute Gasteiger partial charge is 0.464 e. The van der Waals surface area contributed by atoms with E-state index >= 15 is 0 Å². The van der Waals surface area contributed by atoms with Gasteiger partial charge in [-0.3, -0.25) is 14.9 Å². The van der Waals surface area contributed by atoms with Crippen LogP contribution in [0.3, 0.4) is 0 Å². The highest BCUT2D eigenvalue weighted by atomic mass is 32.2. The van der Waals surface area contributed by atoms with Gasteiger partial charge in [-0.15, -0.1) is 0 Å². The summed E-state index contributed by atoms with van der Waals surface area (Å²) in [6.45, 7) is 0. The molecule has 36 heavy (non-hydrogen) atoms. The molecule has 3 heterocycles. The van der Waals surface area contributed by atoms with E-state index in [1.54, 1.807) is 12.1 Å². The van der Waals surface area contributed by atoms with Gasteiger partial charge in [0.05, 0.1) is 16.7 Å². The van der Waals surface area contributed by atoms with Crippen molar-refractivity contribution in [3.05, 3.63) is 107 Å². The number of carbonyl (C=O) groups excluding carboxylic acids is 3. The Morgan fingerprint density at radius 3 is 2.53 bits per heavy atom. The molecular weight excluding hydrogens is 478 g/mol. The molecule has 2 atom stereocenters. The Balaban J connectivity index is 1.25. The minimum absolute atomic E-state index is 0.00282. The number of carbonyl (C=O) groups is 3. The van der Waals surface area contributed by atoms with E-state index in [-0.39, 0.29) is 10.9 Å². The third-order valence-electron chi connectivity index (χ3n) is 6.08. The second-order valence-corrected chi connectivity index (χ2v) is 9.38. The predicted octanol–water partition coefficient (Wildman–Crippen LogP) is 4.70. The van der Waals surface area contributed by atoms with Crippen LogP contribution in [-0.2, 0) is 9.59 Å². The van der Waals surface area contributed by atoms with E-state index in [1.165, 1.54) is 0 Å². The lowest BCUT2D eigenvalue weighted by molar-refractivity contribution is -0.129. The van der Waals surface area contributed by atoms with E-state index in [1.807, 2.05) is 53.5 Å². The number of hydrogen-bond acceptors (Lipinski definition) is 8. The molecule has 6 rings (SSSR count). The van der Waals surface area contributed by atoms with Gasteiger partial charge in [-0.1, -0.05) is 48.5 Å². The fourth-order valence-electron chi connectivity index (χ4n) is 4.43. The number of ether oxygens (including phenoxy) is 2. The molecule has 0 spiro atoms. The first kappa shape index (κ1) is 22.1. The van der Waals surface area contributed by atoms with Gasteiger partial charge in [-0.05, 0) is 47.7 Å². The number of nitrogens with zero attached hydrogens (tertiary/aromatic N) is 2. The molecule has 0 radical (unpaired) electrons. The monoisotopic (exact) mass is 497 g/mol. The highest BCUT2D eigenvalue weighted by molar-refractivity contribution is 8.18. The summed E-state index contributed by atoms with van der Waals surface area (Å²) >= 11 is 0.662. The number of benzene rings is 3. The highest BCUT2D eigenvalue weighted by Gasteiger charge is 2.40. The second-order valence-electron chi connectivity index (χ2n) is 8.36. The Kier molecular flexibility index (Phi) is 5.54. The maximum absolute atomic E-state index is 12.2. The van der Waals surface area contributed by atoms with E-state index < -0.39 is 23.3 Å². The molecule has 0 aliphatic carbocycles. The van der Waals surface area contributed by atoms with Gasteiger partial charge < -0.3 is 9.47 Å². The van der Waals surface area contributed by atoms with Crippen LogP contribution in [-0.4, -0.2) is 27.8 Å². The van der Waals surface area contributed by atoms with Crippen molar-refractivity contribution < 1.29 is 23.9 Å². The first-order valence-corrected chi connectivity index (χ1v) is 12.1. The maximum Gasteiger partial charge on any atom is 0.337 e. The summed E-state index contributed by atoms with van der Waals surface area (Å²) in [6.07, 6.45) is 1.32. The standard InChI is InChI=1S/C27H19N3O5S/c31-24(15-23-25(32)28-27(33)36-23)34-18-12-10-17(11-13-18)26-30-21(19-8-4-5-9-22(19)35-26)14-20(29-30)16-6-2-1-3-7-16/h1-13,15,21,26H,14H2,(H,28,32,33)/b23-15-/t21-,26+/m0/s1. The van der Waals surface area contributed by atoms with Crippen LogP contribution in [0.15, 0.2) is 94.9 Å². The van der Waals surface area contributed by atoms with Gasteiger partial charge in [0.2, 0.25) is 6.23 Å². The number of hydrogen-bond donors (Lipinski definition) is 1. The zero-order chi connectivity index (χ0) is 24.6. The van der Waals surface area contributed by atoms with Gasteiger partial charge in [-0.25, -0.2) is 9.80 Å². The normalized spacial score (nSPS) is 21.4. The van der Waals surface area contributed by atoms with Crippen LogP contribution >= 0.6 is 11.8 Å². The van der Waals surface area contributed by atoms with E-state index in [0.717, 1.165) is 40.6 Å². The van der Waals surface area contributed by atoms with Crippen LogP contribution in [0.2, 0.25) is 0 Å². The van der Waals surface area contributed by atoms with Gasteiger partial charge in [-0.2, -0.15) is 5.10 Å². The topological polar surface area (TPSA) is 97.3 Å². The minimum Gasteiger partial charge on any atom is -0.464 e. The van der Waals surface area contributed by atoms with Crippen LogP contribution < -0.4 is 14.8 Å². The molecule has 1 N–H and O–H groups in total. The Labute approximate surface area is 210 Å². The zero-order valence-electron chi connectivity index (χ0n) is 18.8. The molecule has 0 aromatic heterocycles. The van der Waals surface area contributed by atoms with Crippen molar-refractivity contribution in [3.8, 4) is 11.5 Å². The van der Waals surface area contributed by atoms with E-state index in [4.69, 9.17) is 14.6 Å². The summed E-state index contributed by atoms with van der Waals surface area (Å²) in [4.78, 5) is 35.1. The quantitative estimate of drug-likeness (QED) is 0.317. The van der Waals surface area contributed by atoms with Gasteiger partial charge in [0, 0.05) is 23.6 Å². The number of thioether (sulfide) groups is 1. The third kappa shape index (κ3) is 4.14. The Bertz CT molecular complexity index is 1440. The number of para-hydroxylation sites is 1. The van der Waals surface area contributed by atoms with Crippen molar-refractivity contribution in [1.82, 2.24) is 10.3 Å².